The fraction of sp³-hybridized carbons (Fsp3) is 0.333. The maximum absolute atomic E-state index is 13.4. The molecule has 0 spiro atoms. The van der Waals surface area contributed by atoms with E-state index in [0.717, 1.165) is 43.1 Å². The second kappa shape index (κ2) is 10.7. The standard InChI is InChI=1S/C24H27FN6O2S/c1-17-4-8-20(9-5-17)31-23(29-13-2-3-14-29)27-28-24(31)34-16-22(33)30(15-12-21(26)32)19-10-6-18(25)7-11-19/h4-11H,2-3,12-16H2,1H3,(H2,26,32). The van der Waals surface area contributed by atoms with Crippen LogP contribution in [0.1, 0.15) is 24.8 Å². The van der Waals surface area contributed by atoms with Crippen molar-refractivity contribution in [1.82, 2.24) is 14.8 Å². The third-order valence-electron chi connectivity index (χ3n) is 5.64. The number of halogens is 1. The minimum Gasteiger partial charge on any atom is -0.370 e. The molecule has 0 aliphatic carbocycles. The molecule has 8 nitrogen and oxygen atoms in total. The molecule has 4 rings (SSSR count). The van der Waals surface area contributed by atoms with Crippen LogP contribution in [0.2, 0.25) is 0 Å². The largest absolute Gasteiger partial charge is 0.370 e. The Morgan fingerprint density at radius 1 is 1.06 bits per heavy atom. The van der Waals surface area contributed by atoms with E-state index < -0.39 is 11.7 Å². The topological polar surface area (TPSA) is 97.4 Å². The summed E-state index contributed by atoms with van der Waals surface area (Å²) in [5, 5.41) is 9.43. The van der Waals surface area contributed by atoms with E-state index in [4.69, 9.17) is 5.73 Å². The van der Waals surface area contributed by atoms with Crippen LogP contribution in [0.15, 0.2) is 53.7 Å². The van der Waals surface area contributed by atoms with Gasteiger partial charge in [0.15, 0.2) is 5.16 Å². The molecular weight excluding hydrogens is 455 g/mol. The molecule has 1 fully saturated rings. The number of nitrogens with zero attached hydrogens (tertiary/aromatic N) is 5. The van der Waals surface area contributed by atoms with Crippen LogP contribution < -0.4 is 15.5 Å². The summed E-state index contributed by atoms with van der Waals surface area (Å²) < 4.78 is 15.4. The Morgan fingerprint density at radius 2 is 1.74 bits per heavy atom. The van der Waals surface area contributed by atoms with E-state index >= 15 is 0 Å². The first kappa shape index (κ1) is 23.7. The molecule has 2 aromatic carbocycles. The minimum absolute atomic E-state index is 0.00639. The van der Waals surface area contributed by atoms with Gasteiger partial charge in [-0.3, -0.25) is 14.2 Å². The van der Waals surface area contributed by atoms with Crippen molar-refractivity contribution in [1.29, 1.82) is 0 Å². The predicted octanol–water partition coefficient (Wildman–Crippen LogP) is 3.32. The Kier molecular flexibility index (Phi) is 7.46. The Morgan fingerprint density at radius 3 is 2.38 bits per heavy atom. The lowest BCUT2D eigenvalue weighted by atomic mass is 10.2. The number of anilines is 2. The van der Waals surface area contributed by atoms with Gasteiger partial charge in [-0.2, -0.15) is 0 Å². The predicted molar refractivity (Wildman–Crippen MR) is 131 cm³/mol. The molecule has 178 valence electrons. The molecule has 0 bridgehead atoms. The molecule has 2 heterocycles. The highest BCUT2D eigenvalue weighted by atomic mass is 32.2. The zero-order valence-electron chi connectivity index (χ0n) is 19.0. The van der Waals surface area contributed by atoms with Gasteiger partial charge in [-0.05, 0) is 56.2 Å². The van der Waals surface area contributed by atoms with E-state index in [2.05, 4.69) is 15.1 Å². The van der Waals surface area contributed by atoms with Gasteiger partial charge in [-0.15, -0.1) is 10.2 Å². The summed E-state index contributed by atoms with van der Waals surface area (Å²) in [7, 11) is 0. The van der Waals surface area contributed by atoms with Crippen molar-refractivity contribution in [3.63, 3.8) is 0 Å². The van der Waals surface area contributed by atoms with Gasteiger partial charge in [-0.25, -0.2) is 4.39 Å². The van der Waals surface area contributed by atoms with Crippen LogP contribution in [0, 0.1) is 12.7 Å². The molecule has 2 amide bonds. The highest BCUT2D eigenvalue weighted by molar-refractivity contribution is 7.99. The molecule has 1 aliphatic rings. The van der Waals surface area contributed by atoms with Crippen LogP contribution in [0.3, 0.4) is 0 Å². The lowest BCUT2D eigenvalue weighted by molar-refractivity contribution is -0.118. The first-order valence-corrected chi connectivity index (χ1v) is 12.2. The summed E-state index contributed by atoms with van der Waals surface area (Å²) in [6, 6.07) is 13.7. The van der Waals surface area contributed by atoms with E-state index in [0.29, 0.717) is 10.8 Å². The van der Waals surface area contributed by atoms with E-state index in [1.165, 1.54) is 40.9 Å². The van der Waals surface area contributed by atoms with E-state index in [9.17, 15) is 14.0 Å². The van der Waals surface area contributed by atoms with Crippen molar-refractivity contribution in [2.75, 3.05) is 35.2 Å². The van der Waals surface area contributed by atoms with Crippen molar-refractivity contribution in [2.45, 2.75) is 31.3 Å². The van der Waals surface area contributed by atoms with Crippen molar-refractivity contribution in [3.8, 4) is 5.69 Å². The van der Waals surface area contributed by atoms with E-state index in [-0.39, 0.29) is 24.6 Å². The van der Waals surface area contributed by atoms with E-state index in [1.807, 2.05) is 35.8 Å². The molecule has 1 aliphatic heterocycles. The van der Waals surface area contributed by atoms with Crippen molar-refractivity contribution >= 4 is 35.2 Å². The van der Waals surface area contributed by atoms with Gasteiger partial charge in [0.05, 0.1) is 11.4 Å². The number of amides is 2. The summed E-state index contributed by atoms with van der Waals surface area (Å²) in [5.74, 6) is -0.317. The fourth-order valence-electron chi connectivity index (χ4n) is 3.84. The molecule has 10 heteroatoms. The Balaban J connectivity index is 1.57. The number of nitrogens with two attached hydrogens (primary N) is 1. The monoisotopic (exact) mass is 482 g/mol. The normalized spacial score (nSPS) is 13.3. The van der Waals surface area contributed by atoms with Crippen LogP contribution in [0.5, 0.6) is 0 Å². The lowest BCUT2D eigenvalue weighted by Gasteiger charge is -2.22. The Bertz CT molecular complexity index is 1140. The quantitative estimate of drug-likeness (QED) is 0.470. The van der Waals surface area contributed by atoms with Gasteiger partial charge in [0.1, 0.15) is 5.82 Å². The highest BCUT2D eigenvalue weighted by Gasteiger charge is 2.24. The Hall–Kier alpha value is -3.40. The van der Waals surface area contributed by atoms with Crippen LogP contribution in [-0.2, 0) is 9.59 Å². The number of aromatic nitrogens is 3. The van der Waals surface area contributed by atoms with Gasteiger partial charge in [0.25, 0.3) is 0 Å². The molecule has 0 saturated carbocycles. The number of hydrogen-bond acceptors (Lipinski definition) is 6. The molecule has 1 saturated heterocycles. The van der Waals surface area contributed by atoms with Gasteiger partial charge in [0.2, 0.25) is 17.8 Å². The van der Waals surface area contributed by atoms with Crippen LogP contribution in [0.4, 0.5) is 16.0 Å². The van der Waals surface area contributed by atoms with Gasteiger partial charge in [-0.1, -0.05) is 29.5 Å². The number of carbonyl (C=O) groups excluding carboxylic acids is 2. The van der Waals surface area contributed by atoms with Gasteiger partial charge < -0.3 is 15.5 Å². The summed E-state index contributed by atoms with van der Waals surface area (Å²) in [6.45, 7) is 3.98. The van der Waals surface area contributed by atoms with Gasteiger partial charge >= 0.3 is 0 Å². The number of aryl methyl sites for hydroxylation is 1. The zero-order valence-corrected chi connectivity index (χ0v) is 19.8. The van der Waals surface area contributed by atoms with Crippen LogP contribution in [-0.4, -0.2) is 52.0 Å². The molecule has 0 radical (unpaired) electrons. The highest BCUT2D eigenvalue weighted by Crippen LogP contribution is 2.29. The number of rotatable bonds is 9. The maximum atomic E-state index is 13.4. The van der Waals surface area contributed by atoms with Crippen molar-refractivity contribution in [2.24, 2.45) is 5.73 Å². The second-order valence-corrected chi connectivity index (χ2v) is 9.12. The molecule has 0 unspecified atom stereocenters. The van der Waals surface area contributed by atoms with E-state index in [1.54, 1.807) is 0 Å². The van der Waals surface area contributed by atoms with Crippen molar-refractivity contribution < 1.29 is 14.0 Å². The third-order valence-corrected chi connectivity index (χ3v) is 6.56. The van der Waals surface area contributed by atoms with Crippen molar-refractivity contribution in [3.05, 3.63) is 59.9 Å². The maximum Gasteiger partial charge on any atom is 0.237 e. The number of carbonyl (C=O) groups is 2. The van der Waals surface area contributed by atoms with Crippen LogP contribution in [0.25, 0.3) is 5.69 Å². The van der Waals surface area contributed by atoms with Crippen LogP contribution >= 0.6 is 11.8 Å². The molecule has 2 N–H and O–H groups in total. The first-order chi connectivity index (χ1) is 16.4. The summed E-state index contributed by atoms with van der Waals surface area (Å²) in [5.41, 5.74) is 7.88. The SMILES string of the molecule is Cc1ccc(-n2c(SCC(=O)N(CCC(N)=O)c3ccc(F)cc3)nnc2N2CCCC2)cc1. The summed E-state index contributed by atoms with van der Waals surface area (Å²) in [4.78, 5) is 28.2. The number of primary amides is 1. The first-order valence-electron chi connectivity index (χ1n) is 11.2. The number of hydrogen-bond donors (Lipinski definition) is 1. The second-order valence-electron chi connectivity index (χ2n) is 8.17. The number of benzene rings is 2. The molecule has 1 aromatic heterocycles. The molecule has 0 atom stereocenters. The molecule has 34 heavy (non-hydrogen) atoms. The molecule has 3 aromatic rings. The van der Waals surface area contributed by atoms with Gasteiger partial charge in [0, 0.05) is 31.7 Å². The number of thioether (sulfide) groups is 1. The molecular formula is C24H27FN6O2S. The fourth-order valence-corrected chi connectivity index (χ4v) is 4.67. The summed E-state index contributed by atoms with van der Waals surface area (Å²) >= 11 is 1.28. The average Bonchev–Trinajstić information content (AvgIpc) is 3.49. The lowest BCUT2D eigenvalue weighted by Crippen LogP contribution is -2.35. The Labute approximate surface area is 201 Å². The average molecular weight is 483 g/mol. The minimum atomic E-state index is -0.512. The smallest absolute Gasteiger partial charge is 0.237 e. The third kappa shape index (κ3) is 5.56. The zero-order chi connectivity index (χ0) is 24.1. The summed E-state index contributed by atoms with van der Waals surface area (Å²) in [6.07, 6.45) is 2.22.